The van der Waals surface area contributed by atoms with Gasteiger partial charge >= 0.3 is 29.6 Å². The van der Waals surface area contributed by atoms with Crippen molar-refractivity contribution in [2.75, 3.05) is 7.11 Å². The summed E-state index contributed by atoms with van der Waals surface area (Å²) in [5, 5.41) is 18.0. The zero-order valence-corrected chi connectivity index (χ0v) is 9.43. The van der Waals surface area contributed by atoms with Gasteiger partial charge < -0.3 is 20.0 Å². The molecule has 1 N–H and O–H groups in total. The summed E-state index contributed by atoms with van der Waals surface area (Å²) in [6.07, 6.45) is 0. The van der Waals surface area contributed by atoms with Crippen LogP contribution in [0.4, 0.5) is 0 Å². The van der Waals surface area contributed by atoms with Gasteiger partial charge in [0, 0.05) is 0 Å². The van der Waals surface area contributed by atoms with Crippen LogP contribution in [-0.4, -0.2) is 12.2 Å². The SMILES string of the molecule is COc1ccccc1O.O=N[O-].[Na+]. The molecule has 66 valence electrons. The van der Waals surface area contributed by atoms with Gasteiger partial charge in [-0.1, -0.05) is 12.1 Å². The zero-order valence-electron chi connectivity index (χ0n) is 7.43. The van der Waals surface area contributed by atoms with Crippen molar-refractivity contribution in [2.24, 2.45) is 5.34 Å². The number of hydrogen-bond acceptors (Lipinski definition) is 5. The monoisotopic (exact) mass is 193 g/mol. The second-order valence-electron chi connectivity index (χ2n) is 1.75. The van der Waals surface area contributed by atoms with Crippen LogP contribution in [0, 0.1) is 10.1 Å². The van der Waals surface area contributed by atoms with E-state index in [0.717, 1.165) is 5.34 Å². The minimum Gasteiger partial charge on any atom is -0.504 e. The van der Waals surface area contributed by atoms with Crippen LogP contribution in [0.1, 0.15) is 0 Å². The normalized spacial score (nSPS) is 7.15. The smallest absolute Gasteiger partial charge is 0.504 e. The molecule has 13 heavy (non-hydrogen) atoms. The Labute approximate surface area is 97.6 Å². The number of rotatable bonds is 1. The Balaban J connectivity index is 0. The van der Waals surface area contributed by atoms with E-state index < -0.39 is 0 Å². The first-order valence-corrected chi connectivity index (χ1v) is 3.03. The minimum absolute atomic E-state index is 0. The van der Waals surface area contributed by atoms with Gasteiger partial charge in [0.2, 0.25) is 0 Å². The maximum atomic E-state index is 8.99. The molecule has 0 spiro atoms. The Kier molecular flexibility index (Phi) is 10.5. The Bertz CT molecular complexity index is 244. The van der Waals surface area contributed by atoms with E-state index in [-0.39, 0.29) is 35.3 Å². The summed E-state index contributed by atoms with van der Waals surface area (Å²) in [6, 6.07) is 6.84. The van der Waals surface area contributed by atoms with Crippen LogP contribution in [0.2, 0.25) is 0 Å². The first-order valence-electron chi connectivity index (χ1n) is 3.03. The van der Waals surface area contributed by atoms with Gasteiger partial charge in [-0.05, 0) is 12.1 Å². The molecular weight excluding hydrogens is 185 g/mol. The molecule has 0 aromatic heterocycles. The first-order chi connectivity index (χ1) is 5.76. The molecular formula is C7H8NNaO4. The zero-order chi connectivity index (χ0) is 9.40. The van der Waals surface area contributed by atoms with Crippen LogP contribution < -0.4 is 34.3 Å². The summed E-state index contributed by atoms with van der Waals surface area (Å²) >= 11 is 0. The molecule has 5 nitrogen and oxygen atoms in total. The number of aromatic hydroxyl groups is 1. The number of benzene rings is 1. The van der Waals surface area contributed by atoms with Gasteiger partial charge in [-0.3, -0.25) is 0 Å². The third-order valence-electron chi connectivity index (χ3n) is 1.09. The van der Waals surface area contributed by atoms with Crippen molar-refractivity contribution in [3.8, 4) is 11.5 Å². The van der Waals surface area contributed by atoms with Crippen LogP contribution >= 0.6 is 0 Å². The van der Waals surface area contributed by atoms with E-state index in [1.807, 2.05) is 0 Å². The van der Waals surface area contributed by atoms with E-state index in [0.29, 0.717) is 5.75 Å². The standard InChI is InChI=1S/C7H8O2.HNO2.Na/c1-9-7-5-3-2-4-6(7)8;2-1-3;/h2-5,8H,1H3;(H,2,3);/q;;+1/p-1. The second-order valence-corrected chi connectivity index (χ2v) is 1.75. The molecule has 0 aliphatic rings. The van der Waals surface area contributed by atoms with Gasteiger partial charge in [0.1, 0.15) is 0 Å². The number of phenols is 1. The molecule has 0 atom stereocenters. The Hall–Kier alpha value is -0.780. The Morgan fingerprint density at radius 2 is 1.92 bits per heavy atom. The number of nitrogens with zero attached hydrogens (tertiary/aromatic N) is 1. The van der Waals surface area contributed by atoms with Crippen molar-refractivity contribution in [3.05, 3.63) is 34.4 Å². The minimum atomic E-state index is 0. The summed E-state index contributed by atoms with van der Waals surface area (Å²) in [6.45, 7) is 0. The molecule has 0 aliphatic heterocycles. The van der Waals surface area contributed by atoms with Crippen LogP contribution in [0.25, 0.3) is 0 Å². The predicted molar refractivity (Wildman–Crippen MR) is 43.8 cm³/mol. The molecule has 1 rings (SSSR count). The topological polar surface area (TPSA) is 82.0 Å². The third kappa shape index (κ3) is 6.39. The summed E-state index contributed by atoms with van der Waals surface area (Å²) in [7, 11) is 1.52. The van der Waals surface area contributed by atoms with Crippen molar-refractivity contribution in [1.82, 2.24) is 0 Å². The summed E-state index contributed by atoms with van der Waals surface area (Å²) in [4.78, 5) is 8.00. The third-order valence-corrected chi connectivity index (χ3v) is 1.09. The van der Waals surface area contributed by atoms with E-state index in [4.69, 9.17) is 20.0 Å². The molecule has 0 unspecified atom stereocenters. The number of methoxy groups -OCH3 is 1. The molecule has 0 aliphatic carbocycles. The molecule has 1 aromatic carbocycles. The number of phenolic OH excluding ortho intramolecular Hbond substituents is 1. The van der Waals surface area contributed by atoms with E-state index in [2.05, 4.69) is 0 Å². The van der Waals surface area contributed by atoms with E-state index >= 15 is 0 Å². The van der Waals surface area contributed by atoms with Gasteiger partial charge in [0.15, 0.2) is 11.5 Å². The maximum Gasteiger partial charge on any atom is 1.00 e. The maximum absolute atomic E-state index is 8.99. The summed E-state index contributed by atoms with van der Waals surface area (Å²) < 4.78 is 4.79. The van der Waals surface area contributed by atoms with Crippen molar-refractivity contribution < 1.29 is 39.4 Å². The molecule has 6 heteroatoms. The van der Waals surface area contributed by atoms with Crippen molar-refractivity contribution in [3.63, 3.8) is 0 Å². The van der Waals surface area contributed by atoms with Crippen LogP contribution in [0.3, 0.4) is 0 Å². The van der Waals surface area contributed by atoms with Gasteiger partial charge in [-0.25, -0.2) is 0 Å². The quantitative estimate of drug-likeness (QED) is 0.340. The molecule has 1 aromatic rings. The van der Waals surface area contributed by atoms with Gasteiger partial charge in [0.05, 0.1) is 7.11 Å². The number of ether oxygens (including phenoxy) is 1. The second kappa shape index (κ2) is 9.31. The molecule has 0 heterocycles. The van der Waals surface area contributed by atoms with E-state index in [1.165, 1.54) is 7.11 Å². The average molecular weight is 193 g/mol. The van der Waals surface area contributed by atoms with Crippen LogP contribution in [0.15, 0.2) is 29.6 Å². The summed E-state index contributed by atoms with van der Waals surface area (Å²) in [5.41, 5.74) is 0. The molecule has 0 radical (unpaired) electrons. The van der Waals surface area contributed by atoms with Gasteiger partial charge in [-0.15, -0.1) is 5.34 Å². The van der Waals surface area contributed by atoms with Crippen molar-refractivity contribution in [2.45, 2.75) is 0 Å². The molecule has 0 amide bonds. The molecule has 0 saturated carbocycles. The average Bonchev–Trinajstić information content (AvgIpc) is 2.07. The summed E-state index contributed by atoms with van der Waals surface area (Å²) in [5.74, 6) is 0.692. The van der Waals surface area contributed by atoms with E-state index in [9.17, 15) is 0 Å². The van der Waals surface area contributed by atoms with Crippen LogP contribution in [0.5, 0.6) is 11.5 Å². The van der Waals surface area contributed by atoms with Crippen molar-refractivity contribution >= 4 is 0 Å². The predicted octanol–water partition coefficient (Wildman–Crippen LogP) is -1.34. The Morgan fingerprint density at radius 1 is 1.46 bits per heavy atom. The fraction of sp³-hybridized carbons (Fsp3) is 0.143. The fourth-order valence-corrected chi connectivity index (χ4v) is 0.630. The molecule has 0 saturated heterocycles. The van der Waals surface area contributed by atoms with Gasteiger partial charge in [0.25, 0.3) is 0 Å². The molecule has 0 bridgehead atoms. The first kappa shape index (κ1) is 14.7. The molecule has 0 fully saturated rings. The number of hydrogen-bond donors (Lipinski definition) is 1. The Morgan fingerprint density at radius 3 is 2.23 bits per heavy atom. The largest absolute Gasteiger partial charge is 1.00 e. The fourth-order valence-electron chi connectivity index (χ4n) is 0.630. The van der Waals surface area contributed by atoms with Gasteiger partial charge in [-0.2, -0.15) is 0 Å². The van der Waals surface area contributed by atoms with E-state index in [1.54, 1.807) is 24.3 Å². The van der Waals surface area contributed by atoms with Crippen molar-refractivity contribution in [1.29, 1.82) is 0 Å². The van der Waals surface area contributed by atoms with Crippen LogP contribution in [-0.2, 0) is 0 Å². The number of para-hydroxylation sites is 2.